The molecule has 1 rings (SSSR count). The molecule has 0 aliphatic carbocycles. The van der Waals surface area contributed by atoms with Crippen molar-refractivity contribution in [2.24, 2.45) is 0 Å². The van der Waals surface area contributed by atoms with Gasteiger partial charge in [0.25, 0.3) is 0 Å². The Balaban J connectivity index is 3.03. The summed E-state index contributed by atoms with van der Waals surface area (Å²) >= 11 is 0. The van der Waals surface area contributed by atoms with Gasteiger partial charge in [-0.25, -0.2) is 9.78 Å². The molecule has 7 heteroatoms. The number of ether oxygens (including phenoxy) is 1. The van der Waals surface area contributed by atoms with E-state index in [1.165, 1.54) is 26.4 Å². The zero-order valence-electron chi connectivity index (χ0n) is 10.6. The molecule has 0 aliphatic rings. The van der Waals surface area contributed by atoms with Gasteiger partial charge >= 0.3 is 5.97 Å². The first-order valence-corrected chi connectivity index (χ1v) is 5.25. The lowest BCUT2D eigenvalue weighted by molar-refractivity contribution is -0.119. The third kappa shape index (κ3) is 2.88. The number of rotatable bonds is 4. The summed E-state index contributed by atoms with van der Waals surface area (Å²) in [6.07, 6.45) is 1.44. The number of esters is 1. The number of methoxy groups -OCH3 is 1. The van der Waals surface area contributed by atoms with Gasteiger partial charge in [-0.3, -0.25) is 4.79 Å². The summed E-state index contributed by atoms with van der Waals surface area (Å²) < 4.78 is 4.61. The number of likely N-dealkylation sites (N-methyl/N-ethyl adjacent to an activating group) is 2. The molecule has 1 heterocycles. The number of carbonyl (C=O) groups is 2. The number of nitrogen functional groups attached to an aromatic ring is 1. The fourth-order valence-corrected chi connectivity index (χ4v) is 1.42. The minimum atomic E-state index is -0.538. The molecule has 0 saturated heterocycles. The van der Waals surface area contributed by atoms with Crippen LogP contribution in [0.3, 0.4) is 0 Å². The average molecular weight is 252 g/mol. The number of nitrogens with zero attached hydrogens (tertiary/aromatic N) is 2. The van der Waals surface area contributed by atoms with E-state index in [0.29, 0.717) is 5.82 Å². The lowest BCUT2D eigenvalue weighted by atomic mass is 10.2. The van der Waals surface area contributed by atoms with Crippen molar-refractivity contribution in [3.8, 4) is 0 Å². The molecule has 0 radical (unpaired) electrons. The Bertz CT molecular complexity index is 462. The van der Waals surface area contributed by atoms with Gasteiger partial charge in [0.05, 0.1) is 24.9 Å². The topological polar surface area (TPSA) is 97.5 Å². The zero-order chi connectivity index (χ0) is 13.7. The molecule has 0 fully saturated rings. The summed E-state index contributed by atoms with van der Waals surface area (Å²) in [6.45, 7) is 0.0956. The van der Waals surface area contributed by atoms with E-state index < -0.39 is 5.97 Å². The van der Waals surface area contributed by atoms with E-state index in [1.807, 2.05) is 0 Å². The van der Waals surface area contributed by atoms with Gasteiger partial charge in [0.1, 0.15) is 0 Å². The minimum absolute atomic E-state index is 0.0956. The second-order valence-corrected chi connectivity index (χ2v) is 3.62. The van der Waals surface area contributed by atoms with Gasteiger partial charge in [-0.15, -0.1) is 0 Å². The van der Waals surface area contributed by atoms with Crippen LogP contribution in [0.15, 0.2) is 12.3 Å². The predicted octanol–water partition coefficient (Wildman–Crippen LogP) is -0.367. The molecule has 1 aromatic heterocycles. The molecule has 0 spiro atoms. The first-order valence-electron chi connectivity index (χ1n) is 5.25. The van der Waals surface area contributed by atoms with Crippen molar-refractivity contribution in [2.75, 3.05) is 38.4 Å². The van der Waals surface area contributed by atoms with Crippen molar-refractivity contribution >= 4 is 23.4 Å². The summed E-state index contributed by atoms with van der Waals surface area (Å²) in [5.41, 5.74) is 6.26. The van der Waals surface area contributed by atoms with Gasteiger partial charge in [0.2, 0.25) is 5.91 Å². The van der Waals surface area contributed by atoms with Crippen molar-refractivity contribution < 1.29 is 14.3 Å². The zero-order valence-corrected chi connectivity index (χ0v) is 10.6. The normalized spacial score (nSPS) is 9.72. The molecule has 1 aromatic rings. The average Bonchev–Trinajstić information content (AvgIpc) is 2.37. The third-order valence-corrected chi connectivity index (χ3v) is 2.40. The van der Waals surface area contributed by atoms with E-state index in [2.05, 4.69) is 15.0 Å². The second kappa shape index (κ2) is 5.85. The van der Waals surface area contributed by atoms with Crippen molar-refractivity contribution in [1.82, 2.24) is 10.3 Å². The van der Waals surface area contributed by atoms with Gasteiger partial charge < -0.3 is 20.7 Å². The summed E-state index contributed by atoms with van der Waals surface area (Å²) in [6, 6.07) is 1.47. The van der Waals surface area contributed by atoms with Crippen LogP contribution in [0.5, 0.6) is 0 Å². The van der Waals surface area contributed by atoms with E-state index in [0.717, 1.165) is 0 Å². The number of aromatic nitrogens is 1. The smallest absolute Gasteiger partial charge is 0.340 e. The van der Waals surface area contributed by atoms with E-state index in [4.69, 9.17) is 5.73 Å². The number of amides is 1. The van der Waals surface area contributed by atoms with Gasteiger partial charge in [0.15, 0.2) is 5.82 Å². The Morgan fingerprint density at radius 2 is 2.22 bits per heavy atom. The number of pyridine rings is 1. The Labute approximate surface area is 105 Å². The van der Waals surface area contributed by atoms with Crippen molar-refractivity contribution in [2.45, 2.75) is 0 Å². The maximum Gasteiger partial charge on any atom is 0.340 e. The third-order valence-electron chi connectivity index (χ3n) is 2.40. The Hall–Kier alpha value is -2.31. The quantitative estimate of drug-likeness (QED) is 0.710. The highest BCUT2D eigenvalue weighted by atomic mass is 16.5. The molecule has 7 nitrogen and oxygen atoms in total. The number of hydrogen-bond donors (Lipinski definition) is 2. The molecule has 1 amide bonds. The van der Waals surface area contributed by atoms with E-state index >= 15 is 0 Å². The van der Waals surface area contributed by atoms with Crippen molar-refractivity contribution in [3.05, 3.63) is 17.8 Å². The summed E-state index contributed by atoms with van der Waals surface area (Å²) in [5, 5.41) is 2.49. The summed E-state index contributed by atoms with van der Waals surface area (Å²) in [7, 11) is 4.48. The monoisotopic (exact) mass is 252 g/mol. The first kappa shape index (κ1) is 13.8. The Kier molecular flexibility index (Phi) is 4.47. The lowest BCUT2D eigenvalue weighted by Gasteiger charge is -2.19. The first-order chi connectivity index (χ1) is 8.51. The SMILES string of the molecule is CNC(=O)CN(C)c1nccc(C(=O)OC)c1N. The number of nitrogens with one attached hydrogen (secondary N) is 1. The molecule has 0 unspecified atom stereocenters. The Morgan fingerprint density at radius 1 is 1.56 bits per heavy atom. The van der Waals surface area contributed by atoms with Crippen LogP contribution in [-0.2, 0) is 9.53 Å². The van der Waals surface area contributed by atoms with Gasteiger partial charge in [-0.05, 0) is 6.07 Å². The predicted molar refractivity (Wildman–Crippen MR) is 67.3 cm³/mol. The van der Waals surface area contributed by atoms with Crippen LogP contribution in [-0.4, -0.2) is 44.6 Å². The molecular formula is C11H16N4O3. The number of anilines is 2. The maximum absolute atomic E-state index is 11.5. The van der Waals surface area contributed by atoms with Crippen LogP contribution in [0.25, 0.3) is 0 Å². The summed E-state index contributed by atoms with van der Waals surface area (Å²) in [4.78, 5) is 28.3. The van der Waals surface area contributed by atoms with Crippen LogP contribution in [0.2, 0.25) is 0 Å². The molecule has 0 saturated carbocycles. The number of hydrogen-bond acceptors (Lipinski definition) is 6. The standard InChI is InChI=1S/C11H16N4O3/c1-13-8(16)6-15(2)10-9(12)7(4-5-14-10)11(17)18-3/h4-5H,6,12H2,1-3H3,(H,13,16). The van der Waals surface area contributed by atoms with Crippen LogP contribution in [0.1, 0.15) is 10.4 Å². The van der Waals surface area contributed by atoms with Gasteiger partial charge in [-0.2, -0.15) is 0 Å². The van der Waals surface area contributed by atoms with Crippen LogP contribution < -0.4 is 16.0 Å². The Morgan fingerprint density at radius 3 is 2.78 bits per heavy atom. The second-order valence-electron chi connectivity index (χ2n) is 3.62. The van der Waals surface area contributed by atoms with Crippen molar-refractivity contribution in [3.63, 3.8) is 0 Å². The van der Waals surface area contributed by atoms with Gasteiger partial charge in [0, 0.05) is 20.3 Å². The van der Waals surface area contributed by atoms with E-state index in [9.17, 15) is 9.59 Å². The van der Waals surface area contributed by atoms with E-state index in [-0.39, 0.29) is 23.7 Å². The number of nitrogens with two attached hydrogens (primary N) is 1. The van der Waals surface area contributed by atoms with Crippen LogP contribution in [0, 0.1) is 0 Å². The maximum atomic E-state index is 11.5. The summed E-state index contributed by atoms with van der Waals surface area (Å²) in [5.74, 6) is -0.354. The highest BCUT2D eigenvalue weighted by Gasteiger charge is 2.17. The molecule has 0 atom stereocenters. The molecule has 3 N–H and O–H groups in total. The highest BCUT2D eigenvalue weighted by molar-refractivity contribution is 5.98. The number of carbonyl (C=O) groups excluding carboxylic acids is 2. The molecule has 0 bridgehead atoms. The van der Waals surface area contributed by atoms with Crippen LogP contribution >= 0.6 is 0 Å². The highest BCUT2D eigenvalue weighted by Crippen LogP contribution is 2.23. The molecule has 0 aromatic carbocycles. The molecule has 0 aliphatic heterocycles. The molecular weight excluding hydrogens is 236 g/mol. The molecule has 98 valence electrons. The minimum Gasteiger partial charge on any atom is -0.465 e. The van der Waals surface area contributed by atoms with E-state index in [1.54, 1.807) is 11.9 Å². The molecule has 18 heavy (non-hydrogen) atoms. The fourth-order valence-electron chi connectivity index (χ4n) is 1.42. The fraction of sp³-hybridized carbons (Fsp3) is 0.364. The van der Waals surface area contributed by atoms with Gasteiger partial charge in [-0.1, -0.05) is 0 Å². The van der Waals surface area contributed by atoms with Crippen molar-refractivity contribution in [1.29, 1.82) is 0 Å². The lowest BCUT2D eigenvalue weighted by Crippen LogP contribution is -2.34. The van der Waals surface area contributed by atoms with Crippen LogP contribution in [0.4, 0.5) is 11.5 Å². The largest absolute Gasteiger partial charge is 0.465 e.